The monoisotopic (exact) mass is 240 g/mol. The molecule has 1 fully saturated rings. The molecule has 0 bridgehead atoms. The summed E-state index contributed by atoms with van der Waals surface area (Å²) in [4.78, 5) is 2.57. The molecule has 2 atom stereocenters. The number of piperidine rings is 1. The van der Waals surface area contributed by atoms with Gasteiger partial charge in [-0.2, -0.15) is 0 Å². The van der Waals surface area contributed by atoms with E-state index in [0.717, 1.165) is 5.92 Å². The second-order valence-corrected chi connectivity index (χ2v) is 6.81. The maximum Gasteiger partial charge on any atom is 0.00898 e. The van der Waals surface area contributed by atoms with E-state index in [1.165, 1.54) is 32.5 Å². The number of hydrogen-bond acceptors (Lipinski definition) is 2. The molecule has 2 heteroatoms. The number of hydrogen-bond donors (Lipinski definition) is 1. The van der Waals surface area contributed by atoms with Crippen LogP contribution in [0, 0.1) is 11.3 Å². The van der Waals surface area contributed by atoms with Crippen LogP contribution in [-0.2, 0) is 0 Å². The normalized spacial score (nSPS) is 23.6. The third kappa shape index (κ3) is 4.59. The molecule has 0 amide bonds. The lowest BCUT2D eigenvalue weighted by atomic mass is 9.85. The van der Waals surface area contributed by atoms with Crippen molar-refractivity contribution in [2.45, 2.75) is 66.5 Å². The molecule has 1 rings (SSSR count). The summed E-state index contributed by atoms with van der Waals surface area (Å²) >= 11 is 0. The van der Waals surface area contributed by atoms with Gasteiger partial charge in [-0.05, 0) is 57.7 Å². The molecule has 1 saturated heterocycles. The standard InChI is InChI=1S/C15H32N2/c1-7-17-10-8-14(9-11-17)12(2)16-13(3)15(4,5)6/h12-14,16H,7-11H2,1-6H3. The Hall–Kier alpha value is -0.0800. The highest BCUT2D eigenvalue weighted by molar-refractivity contribution is 4.84. The van der Waals surface area contributed by atoms with E-state index in [2.05, 4.69) is 51.8 Å². The molecule has 0 aromatic carbocycles. The van der Waals surface area contributed by atoms with Gasteiger partial charge in [-0.25, -0.2) is 0 Å². The molecule has 1 aliphatic heterocycles. The Morgan fingerprint density at radius 1 is 1.18 bits per heavy atom. The highest BCUT2D eigenvalue weighted by atomic mass is 15.1. The van der Waals surface area contributed by atoms with Crippen molar-refractivity contribution in [2.75, 3.05) is 19.6 Å². The fraction of sp³-hybridized carbons (Fsp3) is 1.00. The lowest BCUT2D eigenvalue weighted by molar-refractivity contribution is 0.152. The van der Waals surface area contributed by atoms with E-state index in [9.17, 15) is 0 Å². The van der Waals surface area contributed by atoms with Crippen molar-refractivity contribution in [3.05, 3.63) is 0 Å². The lowest BCUT2D eigenvalue weighted by Crippen LogP contribution is -2.48. The van der Waals surface area contributed by atoms with E-state index >= 15 is 0 Å². The Labute approximate surface area is 108 Å². The first-order chi connectivity index (χ1) is 7.84. The summed E-state index contributed by atoms with van der Waals surface area (Å²) in [5, 5.41) is 3.80. The average Bonchev–Trinajstić information content (AvgIpc) is 2.27. The molecule has 2 unspecified atom stereocenters. The summed E-state index contributed by atoms with van der Waals surface area (Å²) in [6.07, 6.45) is 2.72. The van der Waals surface area contributed by atoms with Crippen LogP contribution in [0.25, 0.3) is 0 Å². The van der Waals surface area contributed by atoms with Crippen LogP contribution in [0.15, 0.2) is 0 Å². The molecular formula is C15H32N2. The Morgan fingerprint density at radius 3 is 2.12 bits per heavy atom. The van der Waals surface area contributed by atoms with Crippen molar-refractivity contribution in [1.29, 1.82) is 0 Å². The zero-order chi connectivity index (χ0) is 13.1. The maximum atomic E-state index is 3.80. The number of nitrogens with one attached hydrogen (secondary N) is 1. The van der Waals surface area contributed by atoms with E-state index in [1.54, 1.807) is 0 Å². The van der Waals surface area contributed by atoms with Crippen LogP contribution in [0.4, 0.5) is 0 Å². The van der Waals surface area contributed by atoms with Crippen LogP contribution in [-0.4, -0.2) is 36.6 Å². The van der Waals surface area contributed by atoms with Crippen LogP contribution >= 0.6 is 0 Å². The minimum atomic E-state index is 0.360. The SMILES string of the molecule is CCN1CCC(C(C)NC(C)C(C)(C)C)CC1. The highest BCUT2D eigenvalue weighted by Gasteiger charge is 2.27. The first kappa shape index (κ1) is 15.0. The van der Waals surface area contributed by atoms with Gasteiger partial charge in [0.05, 0.1) is 0 Å². The smallest absolute Gasteiger partial charge is 0.00898 e. The van der Waals surface area contributed by atoms with E-state index in [-0.39, 0.29) is 0 Å². The van der Waals surface area contributed by atoms with E-state index in [0.29, 0.717) is 17.5 Å². The molecule has 0 spiro atoms. The van der Waals surface area contributed by atoms with Crippen molar-refractivity contribution in [3.63, 3.8) is 0 Å². The van der Waals surface area contributed by atoms with Crippen molar-refractivity contribution in [1.82, 2.24) is 10.2 Å². The molecule has 1 N–H and O–H groups in total. The van der Waals surface area contributed by atoms with E-state index < -0.39 is 0 Å². The summed E-state index contributed by atoms with van der Waals surface area (Å²) in [7, 11) is 0. The molecular weight excluding hydrogens is 208 g/mol. The van der Waals surface area contributed by atoms with Gasteiger partial charge < -0.3 is 10.2 Å². The number of nitrogens with zero attached hydrogens (tertiary/aromatic N) is 1. The molecule has 0 saturated carbocycles. The average molecular weight is 240 g/mol. The van der Waals surface area contributed by atoms with Crippen LogP contribution < -0.4 is 5.32 Å². The Balaban J connectivity index is 2.36. The highest BCUT2D eigenvalue weighted by Crippen LogP contribution is 2.24. The Kier molecular flexibility index (Phi) is 5.46. The first-order valence-electron chi connectivity index (χ1n) is 7.33. The Bertz CT molecular complexity index is 211. The van der Waals surface area contributed by atoms with Gasteiger partial charge in [0, 0.05) is 12.1 Å². The van der Waals surface area contributed by atoms with Crippen molar-refractivity contribution < 1.29 is 0 Å². The van der Waals surface area contributed by atoms with Crippen molar-refractivity contribution in [3.8, 4) is 0 Å². The third-order valence-electron chi connectivity index (χ3n) is 4.60. The summed E-state index contributed by atoms with van der Waals surface area (Å²) in [6.45, 7) is 17.7. The zero-order valence-corrected chi connectivity index (χ0v) is 12.7. The number of likely N-dealkylation sites (tertiary alicyclic amines) is 1. The molecule has 0 aromatic rings. The van der Waals surface area contributed by atoms with Crippen LogP contribution in [0.1, 0.15) is 54.4 Å². The van der Waals surface area contributed by atoms with Crippen LogP contribution in [0.3, 0.4) is 0 Å². The topological polar surface area (TPSA) is 15.3 Å². The molecule has 0 aromatic heterocycles. The minimum absolute atomic E-state index is 0.360. The zero-order valence-electron chi connectivity index (χ0n) is 12.7. The second kappa shape index (κ2) is 6.19. The fourth-order valence-corrected chi connectivity index (χ4v) is 2.55. The molecule has 17 heavy (non-hydrogen) atoms. The van der Waals surface area contributed by atoms with Gasteiger partial charge in [-0.3, -0.25) is 0 Å². The van der Waals surface area contributed by atoms with Gasteiger partial charge in [0.1, 0.15) is 0 Å². The van der Waals surface area contributed by atoms with Gasteiger partial charge in [0.15, 0.2) is 0 Å². The van der Waals surface area contributed by atoms with Crippen LogP contribution in [0.5, 0.6) is 0 Å². The molecule has 1 heterocycles. The van der Waals surface area contributed by atoms with Crippen molar-refractivity contribution in [2.24, 2.45) is 11.3 Å². The molecule has 0 radical (unpaired) electrons. The van der Waals surface area contributed by atoms with Crippen molar-refractivity contribution >= 4 is 0 Å². The predicted molar refractivity (Wildman–Crippen MR) is 76.4 cm³/mol. The van der Waals surface area contributed by atoms with Gasteiger partial charge in [-0.1, -0.05) is 27.7 Å². The van der Waals surface area contributed by atoms with E-state index in [1.807, 2.05) is 0 Å². The molecule has 102 valence electrons. The van der Waals surface area contributed by atoms with Crippen LogP contribution in [0.2, 0.25) is 0 Å². The number of rotatable bonds is 4. The summed E-state index contributed by atoms with van der Waals surface area (Å²) in [5.74, 6) is 0.864. The van der Waals surface area contributed by atoms with Gasteiger partial charge in [-0.15, -0.1) is 0 Å². The van der Waals surface area contributed by atoms with Gasteiger partial charge in [0.2, 0.25) is 0 Å². The second-order valence-electron chi connectivity index (χ2n) is 6.81. The largest absolute Gasteiger partial charge is 0.311 e. The van der Waals surface area contributed by atoms with Gasteiger partial charge in [0.25, 0.3) is 0 Å². The Morgan fingerprint density at radius 2 is 1.71 bits per heavy atom. The summed E-state index contributed by atoms with van der Waals surface area (Å²) in [5.41, 5.74) is 0.360. The lowest BCUT2D eigenvalue weighted by Gasteiger charge is -2.38. The predicted octanol–water partition coefficient (Wildman–Crippen LogP) is 3.13. The van der Waals surface area contributed by atoms with E-state index in [4.69, 9.17) is 0 Å². The first-order valence-corrected chi connectivity index (χ1v) is 7.33. The fourth-order valence-electron chi connectivity index (χ4n) is 2.55. The summed E-state index contributed by atoms with van der Waals surface area (Å²) in [6, 6.07) is 1.24. The summed E-state index contributed by atoms with van der Waals surface area (Å²) < 4.78 is 0. The molecule has 1 aliphatic rings. The van der Waals surface area contributed by atoms with Gasteiger partial charge >= 0.3 is 0 Å². The molecule has 2 nitrogen and oxygen atoms in total. The minimum Gasteiger partial charge on any atom is -0.311 e. The molecule has 0 aliphatic carbocycles. The third-order valence-corrected chi connectivity index (χ3v) is 4.60. The maximum absolute atomic E-state index is 3.80. The quantitative estimate of drug-likeness (QED) is 0.812.